The highest BCUT2D eigenvalue weighted by molar-refractivity contribution is 6.14. The van der Waals surface area contributed by atoms with Gasteiger partial charge < -0.3 is 9.47 Å². The van der Waals surface area contributed by atoms with E-state index in [1.54, 1.807) is 6.08 Å². The van der Waals surface area contributed by atoms with Crippen LogP contribution in [0.1, 0.15) is 45.1 Å². The van der Waals surface area contributed by atoms with Crippen molar-refractivity contribution >= 4 is 18.0 Å². The smallest absolute Gasteiger partial charge is 0.345 e. The van der Waals surface area contributed by atoms with E-state index in [1.165, 1.54) is 6.08 Å². The SMILES string of the molecule is CCCCOC(=O)C(=CC=Cc1ccccc1)C(=O)OCCCC. The number of hydrogen-bond acceptors (Lipinski definition) is 4. The lowest BCUT2D eigenvalue weighted by atomic mass is 10.2. The summed E-state index contributed by atoms with van der Waals surface area (Å²) in [7, 11) is 0. The number of unbranched alkanes of at least 4 members (excludes halogenated alkanes) is 2. The molecule has 0 spiro atoms. The first-order valence-corrected chi connectivity index (χ1v) is 8.46. The van der Waals surface area contributed by atoms with E-state index >= 15 is 0 Å². The molecule has 0 aliphatic heterocycles. The molecule has 0 aliphatic rings. The molecule has 0 atom stereocenters. The predicted octanol–water partition coefficient (Wildman–Crippen LogP) is 4.31. The molecule has 0 heterocycles. The highest BCUT2D eigenvalue weighted by Crippen LogP contribution is 2.07. The third-order valence-corrected chi connectivity index (χ3v) is 3.25. The molecule has 4 heteroatoms. The summed E-state index contributed by atoms with van der Waals surface area (Å²) in [5, 5.41) is 0. The third-order valence-electron chi connectivity index (χ3n) is 3.25. The lowest BCUT2D eigenvalue weighted by molar-refractivity contribution is -0.147. The second kappa shape index (κ2) is 12.1. The van der Waals surface area contributed by atoms with Gasteiger partial charge in [0, 0.05) is 0 Å². The van der Waals surface area contributed by atoms with Gasteiger partial charge in [-0.15, -0.1) is 0 Å². The highest BCUT2D eigenvalue weighted by atomic mass is 16.6. The minimum Gasteiger partial charge on any atom is -0.462 e. The molecule has 24 heavy (non-hydrogen) atoms. The number of hydrogen-bond donors (Lipinski definition) is 0. The Labute approximate surface area is 144 Å². The Morgan fingerprint density at radius 2 is 1.46 bits per heavy atom. The van der Waals surface area contributed by atoms with E-state index in [0.29, 0.717) is 13.2 Å². The largest absolute Gasteiger partial charge is 0.462 e. The summed E-state index contributed by atoms with van der Waals surface area (Å²) < 4.78 is 10.3. The van der Waals surface area contributed by atoms with Crippen LogP contribution in [0.5, 0.6) is 0 Å². The fourth-order valence-corrected chi connectivity index (χ4v) is 1.81. The zero-order valence-corrected chi connectivity index (χ0v) is 14.5. The second-order valence-corrected chi connectivity index (χ2v) is 5.33. The van der Waals surface area contributed by atoms with E-state index in [9.17, 15) is 9.59 Å². The minimum atomic E-state index is -0.636. The van der Waals surface area contributed by atoms with Crippen LogP contribution in [0.15, 0.2) is 48.1 Å². The molecule has 130 valence electrons. The summed E-state index contributed by atoms with van der Waals surface area (Å²) in [6.45, 7) is 4.62. The molecule has 0 amide bonds. The third kappa shape index (κ3) is 7.77. The highest BCUT2D eigenvalue weighted by Gasteiger charge is 2.20. The van der Waals surface area contributed by atoms with E-state index in [4.69, 9.17) is 9.47 Å². The number of carbonyl (C=O) groups excluding carboxylic acids is 2. The first kappa shape index (κ1) is 19.7. The minimum absolute atomic E-state index is 0.0746. The Hall–Kier alpha value is -2.36. The molecule has 0 saturated carbocycles. The Kier molecular flexibility index (Phi) is 9.93. The van der Waals surface area contributed by atoms with Crippen LogP contribution in [0, 0.1) is 0 Å². The molecule has 0 bridgehead atoms. The molecule has 0 N–H and O–H groups in total. The van der Waals surface area contributed by atoms with Gasteiger partial charge in [0.15, 0.2) is 0 Å². The van der Waals surface area contributed by atoms with Gasteiger partial charge in [-0.3, -0.25) is 0 Å². The van der Waals surface area contributed by atoms with Crippen molar-refractivity contribution in [3.63, 3.8) is 0 Å². The normalized spacial score (nSPS) is 10.4. The Bertz CT molecular complexity index is 534. The summed E-state index contributed by atoms with van der Waals surface area (Å²) in [4.78, 5) is 24.2. The molecule has 1 aromatic carbocycles. The number of rotatable bonds is 10. The van der Waals surface area contributed by atoms with Gasteiger partial charge in [-0.25, -0.2) is 9.59 Å². The summed E-state index contributed by atoms with van der Waals surface area (Å²) in [6.07, 6.45) is 8.30. The van der Waals surface area contributed by atoms with Gasteiger partial charge in [-0.2, -0.15) is 0 Å². The molecule has 0 unspecified atom stereocenters. The van der Waals surface area contributed by atoms with Crippen molar-refractivity contribution in [1.82, 2.24) is 0 Å². The van der Waals surface area contributed by atoms with Gasteiger partial charge in [0.25, 0.3) is 0 Å². The monoisotopic (exact) mass is 330 g/mol. The van der Waals surface area contributed by atoms with Crippen molar-refractivity contribution in [1.29, 1.82) is 0 Å². The second-order valence-electron chi connectivity index (χ2n) is 5.33. The van der Waals surface area contributed by atoms with Crippen LogP contribution in [0.4, 0.5) is 0 Å². The first-order chi connectivity index (χ1) is 11.7. The van der Waals surface area contributed by atoms with Crippen LogP contribution in [-0.2, 0) is 19.1 Å². The van der Waals surface area contributed by atoms with E-state index in [-0.39, 0.29) is 5.57 Å². The molecule has 0 fully saturated rings. The maximum Gasteiger partial charge on any atom is 0.345 e. The average molecular weight is 330 g/mol. The lowest BCUT2D eigenvalue weighted by Gasteiger charge is -2.08. The van der Waals surface area contributed by atoms with Crippen LogP contribution in [-0.4, -0.2) is 25.2 Å². The lowest BCUT2D eigenvalue weighted by Crippen LogP contribution is -2.19. The molecule has 1 aromatic rings. The van der Waals surface area contributed by atoms with Crippen molar-refractivity contribution in [2.75, 3.05) is 13.2 Å². The zero-order valence-electron chi connectivity index (χ0n) is 14.5. The summed E-state index contributed by atoms with van der Waals surface area (Å²) in [5.74, 6) is -1.27. The summed E-state index contributed by atoms with van der Waals surface area (Å²) in [6, 6.07) is 9.63. The van der Waals surface area contributed by atoms with E-state index in [1.807, 2.05) is 50.3 Å². The standard InChI is InChI=1S/C20H26O4/c1-3-5-15-23-19(21)18(20(22)24-16-6-4-2)14-10-13-17-11-8-7-9-12-17/h7-14H,3-6,15-16H2,1-2H3. The fraction of sp³-hybridized carbons (Fsp3) is 0.400. The average Bonchev–Trinajstić information content (AvgIpc) is 2.60. The molecular weight excluding hydrogens is 304 g/mol. The molecule has 0 saturated heterocycles. The molecule has 0 radical (unpaired) electrons. The zero-order chi connectivity index (χ0) is 17.6. The van der Waals surface area contributed by atoms with Gasteiger partial charge in [0.2, 0.25) is 0 Å². The van der Waals surface area contributed by atoms with Crippen LogP contribution in [0.2, 0.25) is 0 Å². The van der Waals surface area contributed by atoms with E-state index < -0.39 is 11.9 Å². The number of benzene rings is 1. The molecule has 1 rings (SSSR count). The van der Waals surface area contributed by atoms with Crippen molar-refractivity contribution in [3.05, 3.63) is 53.6 Å². The van der Waals surface area contributed by atoms with Gasteiger partial charge in [-0.1, -0.05) is 69.2 Å². The molecule has 0 aromatic heterocycles. The number of carbonyl (C=O) groups is 2. The predicted molar refractivity (Wildman–Crippen MR) is 95.3 cm³/mol. The Morgan fingerprint density at radius 1 is 0.917 bits per heavy atom. The van der Waals surface area contributed by atoms with Gasteiger partial charge in [-0.05, 0) is 24.5 Å². The van der Waals surface area contributed by atoms with Crippen LogP contribution < -0.4 is 0 Å². The van der Waals surface area contributed by atoms with Crippen molar-refractivity contribution in [3.8, 4) is 0 Å². The first-order valence-electron chi connectivity index (χ1n) is 8.46. The van der Waals surface area contributed by atoms with Crippen LogP contribution >= 0.6 is 0 Å². The Morgan fingerprint density at radius 3 is 1.96 bits per heavy atom. The topological polar surface area (TPSA) is 52.6 Å². The molecule has 4 nitrogen and oxygen atoms in total. The van der Waals surface area contributed by atoms with Gasteiger partial charge in [0.1, 0.15) is 5.57 Å². The van der Waals surface area contributed by atoms with Crippen LogP contribution in [0.25, 0.3) is 6.08 Å². The van der Waals surface area contributed by atoms with Crippen molar-refractivity contribution < 1.29 is 19.1 Å². The van der Waals surface area contributed by atoms with Gasteiger partial charge >= 0.3 is 11.9 Å². The Balaban J connectivity index is 2.78. The van der Waals surface area contributed by atoms with Crippen LogP contribution in [0.3, 0.4) is 0 Å². The van der Waals surface area contributed by atoms with E-state index in [0.717, 1.165) is 31.2 Å². The quantitative estimate of drug-likeness (QED) is 0.160. The number of ether oxygens (including phenoxy) is 2. The maximum atomic E-state index is 12.1. The van der Waals surface area contributed by atoms with Crippen molar-refractivity contribution in [2.45, 2.75) is 39.5 Å². The van der Waals surface area contributed by atoms with E-state index in [2.05, 4.69) is 0 Å². The van der Waals surface area contributed by atoms with Gasteiger partial charge in [0.05, 0.1) is 13.2 Å². The summed E-state index contributed by atoms with van der Waals surface area (Å²) in [5.41, 5.74) is 0.904. The molecular formula is C20H26O4. The number of allylic oxidation sites excluding steroid dienone is 2. The van der Waals surface area contributed by atoms with Crippen molar-refractivity contribution in [2.24, 2.45) is 0 Å². The number of esters is 2. The fourth-order valence-electron chi connectivity index (χ4n) is 1.81. The molecule has 0 aliphatic carbocycles. The maximum absolute atomic E-state index is 12.1. The summed E-state index contributed by atoms with van der Waals surface area (Å²) >= 11 is 0.